The maximum absolute atomic E-state index is 10.6. The van der Waals surface area contributed by atoms with Gasteiger partial charge in [-0.05, 0) is 29.3 Å². The number of nitrogens with zero attached hydrogens (tertiary/aromatic N) is 2. The van der Waals surface area contributed by atoms with Crippen molar-refractivity contribution in [1.82, 2.24) is 5.01 Å². The minimum Gasteiger partial charge on any atom is -0.508 e. The molecular formula is C17H14N2O2. The Morgan fingerprint density at radius 2 is 2.00 bits per heavy atom. The molecule has 0 aromatic heterocycles. The van der Waals surface area contributed by atoms with Gasteiger partial charge in [0.2, 0.25) is 0 Å². The van der Waals surface area contributed by atoms with Crippen molar-refractivity contribution >= 4 is 12.5 Å². The van der Waals surface area contributed by atoms with Crippen molar-refractivity contribution < 1.29 is 9.90 Å². The van der Waals surface area contributed by atoms with E-state index in [4.69, 9.17) is 0 Å². The predicted octanol–water partition coefficient (Wildman–Crippen LogP) is 2.84. The molecule has 1 atom stereocenters. The van der Waals surface area contributed by atoms with Crippen molar-refractivity contribution in [2.75, 3.05) is 0 Å². The summed E-state index contributed by atoms with van der Waals surface area (Å²) in [7, 11) is 0. The number of allylic oxidation sites excluding steroid dienone is 1. The van der Waals surface area contributed by atoms with Gasteiger partial charge in [0.1, 0.15) is 18.1 Å². The molecule has 0 fully saturated rings. The van der Waals surface area contributed by atoms with Crippen LogP contribution in [0.15, 0.2) is 65.9 Å². The van der Waals surface area contributed by atoms with Crippen LogP contribution in [0.1, 0.15) is 22.7 Å². The molecule has 4 heteroatoms. The van der Waals surface area contributed by atoms with Crippen molar-refractivity contribution in [3.8, 4) is 5.75 Å². The van der Waals surface area contributed by atoms with Gasteiger partial charge in [0.05, 0.1) is 6.21 Å². The molecule has 1 N–H and O–H groups in total. The Bertz CT molecular complexity index is 722. The largest absolute Gasteiger partial charge is 0.508 e. The first-order valence-electron chi connectivity index (χ1n) is 6.62. The average molecular weight is 278 g/mol. The lowest BCUT2D eigenvalue weighted by Crippen LogP contribution is -2.24. The van der Waals surface area contributed by atoms with E-state index >= 15 is 0 Å². The third-order valence-electron chi connectivity index (χ3n) is 3.39. The van der Waals surface area contributed by atoms with Crippen LogP contribution in [0, 0.1) is 0 Å². The first-order chi connectivity index (χ1) is 10.3. The lowest BCUT2D eigenvalue weighted by atomic mass is 9.93. The topological polar surface area (TPSA) is 52.9 Å². The number of phenols is 1. The number of fused-ring (bicyclic) bond motifs is 1. The summed E-state index contributed by atoms with van der Waals surface area (Å²) in [5.74, 6) is 0.207. The first-order valence-corrected chi connectivity index (χ1v) is 6.62. The molecule has 3 rings (SSSR count). The number of carbonyl (C=O) groups is 1. The van der Waals surface area contributed by atoms with Gasteiger partial charge < -0.3 is 5.11 Å². The summed E-state index contributed by atoms with van der Waals surface area (Å²) in [6.45, 7) is 0. The van der Waals surface area contributed by atoms with Crippen molar-refractivity contribution in [1.29, 1.82) is 0 Å². The summed E-state index contributed by atoms with van der Waals surface area (Å²) in [5.41, 5.74) is 3.02. The van der Waals surface area contributed by atoms with Crippen LogP contribution in [0.4, 0.5) is 0 Å². The van der Waals surface area contributed by atoms with E-state index in [0.717, 1.165) is 23.0 Å². The fourth-order valence-electron chi connectivity index (χ4n) is 2.49. The fraction of sp³-hybridized carbons (Fsp3) is 0.0588. The van der Waals surface area contributed by atoms with E-state index in [9.17, 15) is 9.90 Å². The monoisotopic (exact) mass is 278 g/mol. The van der Waals surface area contributed by atoms with Gasteiger partial charge in [-0.25, -0.2) is 0 Å². The molecule has 0 amide bonds. The second kappa shape index (κ2) is 5.63. The molecule has 0 saturated heterocycles. The van der Waals surface area contributed by atoms with Gasteiger partial charge in [-0.3, -0.25) is 9.80 Å². The van der Waals surface area contributed by atoms with Crippen LogP contribution in [0.25, 0.3) is 0 Å². The summed E-state index contributed by atoms with van der Waals surface area (Å²) in [4.78, 5) is 10.6. The lowest BCUT2D eigenvalue weighted by Gasteiger charge is -2.31. The molecule has 2 aromatic rings. The number of hydrogen-bond donors (Lipinski definition) is 1. The zero-order chi connectivity index (χ0) is 14.7. The van der Waals surface area contributed by atoms with E-state index < -0.39 is 0 Å². The highest BCUT2D eigenvalue weighted by Gasteiger charge is 2.25. The molecule has 1 heterocycles. The Kier molecular flexibility index (Phi) is 3.51. The quantitative estimate of drug-likeness (QED) is 0.694. The number of aromatic hydroxyl groups is 1. The highest BCUT2D eigenvalue weighted by atomic mass is 16.3. The van der Waals surface area contributed by atoms with Crippen LogP contribution in [-0.2, 0) is 4.79 Å². The van der Waals surface area contributed by atoms with Crippen LogP contribution >= 0.6 is 0 Å². The third-order valence-corrected chi connectivity index (χ3v) is 3.39. The smallest absolute Gasteiger partial charge is 0.144 e. The lowest BCUT2D eigenvalue weighted by molar-refractivity contribution is -0.104. The Hall–Kier alpha value is -2.88. The summed E-state index contributed by atoms with van der Waals surface area (Å²) in [6, 6.07) is 14.9. The number of hydrogen-bond acceptors (Lipinski definition) is 4. The van der Waals surface area contributed by atoms with Gasteiger partial charge in [-0.2, -0.15) is 5.10 Å². The molecule has 0 radical (unpaired) electrons. The van der Waals surface area contributed by atoms with Crippen molar-refractivity contribution in [2.45, 2.75) is 6.04 Å². The van der Waals surface area contributed by atoms with E-state index in [0.29, 0.717) is 0 Å². The first kappa shape index (κ1) is 13.1. The Morgan fingerprint density at radius 3 is 2.81 bits per heavy atom. The number of phenolic OH excluding ortho intramolecular Hbond substituents is 1. The molecule has 0 saturated carbocycles. The number of carbonyl (C=O) groups excluding carboxylic acids is 1. The van der Waals surface area contributed by atoms with Crippen molar-refractivity contribution in [2.24, 2.45) is 5.10 Å². The van der Waals surface area contributed by atoms with Crippen LogP contribution in [-0.4, -0.2) is 22.6 Å². The van der Waals surface area contributed by atoms with Gasteiger partial charge in [0, 0.05) is 11.8 Å². The molecule has 104 valence electrons. The Morgan fingerprint density at radius 1 is 1.14 bits per heavy atom. The van der Waals surface area contributed by atoms with Crippen molar-refractivity contribution in [3.05, 3.63) is 77.5 Å². The van der Waals surface area contributed by atoms with E-state index in [-0.39, 0.29) is 11.8 Å². The molecule has 0 aliphatic carbocycles. The number of rotatable bonds is 3. The van der Waals surface area contributed by atoms with Crippen LogP contribution in [0.5, 0.6) is 5.75 Å². The van der Waals surface area contributed by atoms with Crippen molar-refractivity contribution in [3.63, 3.8) is 0 Å². The fourth-order valence-corrected chi connectivity index (χ4v) is 2.49. The van der Waals surface area contributed by atoms with Gasteiger partial charge in [0.15, 0.2) is 0 Å². The molecule has 21 heavy (non-hydrogen) atoms. The summed E-state index contributed by atoms with van der Waals surface area (Å²) in [6.07, 6.45) is 5.52. The molecule has 4 nitrogen and oxygen atoms in total. The third kappa shape index (κ3) is 2.56. The summed E-state index contributed by atoms with van der Waals surface area (Å²) in [5, 5.41) is 15.8. The number of aldehydes is 1. The number of hydrazone groups is 1. The Balaban J connectivity index is 2.12. The van der Waals surface area contributed by atoms with E-state index in [2.05, 4.69) is 5.10 Å². The number of benzene rings is 2. The maximum Gasteiger partial charge on any atom is 0.144 e. The molecule has 1 aliphatic rings. The molecular weight excluding hydrogens is 264 g/mol. The van der Waals surface area contributed by atoms with E-state index in [1.807, 2.05) is 30.3 Å². The van der Waals surface area contributed by atoms with E-state index in [1.165, 1.54) is 6.08 Å². The second-order valence-corrected chi connectivity index (χ2v) is 4.73. The van der Waals surface area contributed by atoms with Gasteiger partial charge >= 0.3 is 0 Å². The van der Waals surface area contributed by atoms with Crippen LogP contribution in [0.3, 0.4) is 0 Å². The maximum atomic E-state index is 10.6. The summed E-state index contributed by atoms with van der Waals surface area (Å²) >= 11 is 0. The van der Waals surface area contributed by atoms with Crippen LogP contribution in [0.2, 0.25) is 0 Å². The van der Waals surface area contributed by atoms with Gasteiger partial charge in [0.25, 0.3) is 0 Å². The van der Waals surface area contributed by atoms with E-state index in [1.54, 1.807) is 35.6 Å². The highest BCUT2D eigenvalue weighted by molar-refractivity contribution is 5.83. The zero-order valence-electron chi connectivity index (χ0n) is 11.3. The summed E-state index contributed by atoms with van der Waals surface area (Å²) < 4.78 is 0. The SMILES string of the molecule is O=C/C=C/N1N=Cc2ccccc2C1c1cccc(O)c1. The van der Waals surface area contributed by atoms with Gasteiger partial charge in [-0.15, -0.1) is 0 Å². The van der Waals surface area contributed by atoms with Gasteiger partial charge in [-0.1, -0.05) is 36.4 Å². The average Bonchev–Trinajstić information content (AvgIpc) is 2.52. The molecule has 0 bridgehead atoms. The zero-order valence-corrected chi connectivity index (χ0v) is 11.3. The molecule has 1 unspecified atom stereocenters. The standard InChI is InChI=1S/C17H14N2O2/c20-10-4-9-19-17(13-6-3-7-15(21)11-13)16-8-2-1-5-14(16)12-18-19/h1-12,17,21H/b9-4+. The minimum absolute atomic E-state index is 0.172. The molecule has 1 aliphatic heterocycles. The molecule has 0 spiro atoms. The normalized spacial score (nSPS) is 17.0. The van der Waals surface area contributed by atoms with Crippen LogP contribution < -0.4 is 0 Å². The Labute approximate surface area is 122 Å². The molecule has 2 aromatic carbocycles. The second-order valence-electron chi connectivity index (χ2n) is 4.73. The minimum atomic E-state index is -0.172. The highest BCUT2D eigenvalue weighted by Crippen LogP contribution is 2.34. The predicted molar refractivity (Wildman–Crippen MR) is 81.0 cm³/mol.